The Morgan fingerprint density at radius 3 is 2.60 bits per heavy atom. The van der Waals surface area contributed by atoms with Gasteiger partial charge in [-0.25, -0.2) is 0 Å². The van der Waals surface area contributed by atoms with E-state index in [1.165, 1.54) is 0 Å². The molecule has 5 heteroatoms. The van der Waals surface area contributed by atoms with Crippen LogP contribution < -0.4 is 10.6 Å². The summed E-state index contributed by atoms with van der Waals surface area (Å²) in [5, 5.41) is 5.48. The van der Waals surface area contributed by atoms with Crippen LogP contribution in [0.1, 0.15) is 20.3 Å². The summed E-state index contributed by atoms with van der Waals surface area (Å²) in [5.74, 6) is 0.723. The minimum atomic E-state index is -0.231. The molecular formula is C10H13N3O2. The van der Waals surface area contributed by atoms with Gasteiger partial charge in [-0.1, -0.05) is 6.58 Å². The largest absolute Gasteiger partial charge is 0.328 e. The van der Waals surface area contributed by atoms with E-state index in [0.717, 1.165) is 0 Å². The van der Waals surface area contributed by atoms with Crippen molar-refractivity contribution in [2.75, 3.05) is 0 Å². The summed E-state index contributed by atoms with van der Waals surface area (Å²) in [6.07, 6.45) is 0.166. The summed E-state index contributed by atoms with van der Waals surface area (Å²) in [5.41, 5.74) is 0.501. The van der Waals surface area contributed by atoms with Crippen molar-refractivity contribution in [2.24, 2.45) is 0 Å². The number of carbonyl (C=O) groups excluding carboxylic acids is 2. The van der Waals surface area contributed by atoms with Crippen molar-refractivity contribution >= 4 is 11.8 Å². The maximum atomic E-state index is 11.7. The quantitative estimate of drug-likeness (QED) is 0.637. The molecule has 0 aromatic carbocycles. The second-order valence-electron chi connectivity index (χ2n) is 3.92. The molecule has 2 aliphatic rings. The first-order valence-electron chi connectivity index (χ1n) is 4.83. The van der Waals surface area contributed by atoms with Crippen molar-refractivity contribution in [1.82, 2.24) is 15.5 Å². The molecule has 0 bridgehead atoms. The van der Waals surface area contributed by atoms with Crippen molar-refractivity contribution in [2.45, 2.75) is 26.3 Å². The van der Waals surface area contributed by atoms with Gasteiger partial charge in [0.25, 0.3) is 5.91 Å². The number of nitrogens with one attached hydrogen (secondary N) is 2. The first kappa shape index (κ1) is 9.76. The molecular weight excluding hydrogens is 194 g/mol. The van der Waals surface area contributed by atoms with Gasteiger partial charge in [-0.3, -0.25) is 14.5 Å². The molecule has 5 nitrogen and oxygen atoms in total. The van der Waals surface area contributed by atoms with E-state index in [-0.39, 0.29) is 24.3 Å². The lowest BCUT2D eigenvalue weighted by Crippen LogP contribution is -2.43. The van der Waals surface area contributed by atoms with E-state index in [9.17, 15) is 9.59 Å². The molecule has 0 aromatic heterocycles. The van der Waals surface area contributed by atoms with E-state index in [1.807, 2.05) is 13.8 Å². The van der Waals surface area contributed by atoms with Crippen molar-refractivity contribution in [3.05, 3.63) is 23.8 Å². The molecule has 0 aliphatic carbocycles. The summed E-state index contributed by atoms with van der Waals surface area (Å²) in [4.78, 5) is 24.8. The van der Waals surface area contributed by atoms with Gasteiger partial charge < -0.3 is 10.6 Å². The molecule has 0 atom stereocenters. The Morgan fingerprint density at radius 2 is 2.00 bits per heavy atom. The van der Waals surface area contributed by atoms with Crippen molar-refractivity contribution in [3.8, 4) is 0 Å². The van der Waals surface area contributed by atoms with Crippen LogP contribution >= 0.6 is 0 Å². The van der Waals surface area contributed by atoms with Crippen LogP contribution in [-0.4, -0.2) is 22.8 Å². The smallest absolute Gasteiger partial charge is 0.256 e. The lowest BCUT2D eigenvalue weighted by atomic mass is 10.2. The zero-order valence-corrected chi connectivity index (χ0v) is 8.76. The Bertz CT molecular complexity index is 395. The summed E-state index contributed by atoms with van der Waals surface area (Å²) in [6.45, 7) is 7.44. The fourth-order valence-electron chi connectivity index (χ4n) is 1.85. The van der Waals surface area contributed by atoms with E-state index in [4.69, 9.17) is 0 Å². The van der Waals surface area contributed by atoms with Crippen LogP contribution in [0, 0.1) is 0 Å². The average molecular weight is 207 g/mol. The minimum Gasteiger partial charge on any atom is -0.328 e. The second kappa shape index (κ2) is 3.12. The van der Waals surface area contributed by atoms with Gasteiger partial charge in [0.2, 0.25) is 5.91 Å². The lowest BCUT2D eigenvalue weighted by molar-refractivity contribution is -0.129. The predicted octanol–water partition coefficient (Wildman–Crippen LogP) is 0.0293. The summed E-state index contributed by atoms with van der Waals surface area (Å²) in [6, 6.07) is 0.0381. The van der Waals surface area contributed by atoms with E-state index in [1.54, 1.807) is 4.90 Å². The second-order valence-corrected chi connectivity index (χ2v) is 3.92. The van der Waals surface area contributed by atoms with Gasteiger partial charge in [-0.2, -0.15) is 0 Å². The fraction of sp³-hybridized carbons (Fsp3) is 0.400. The van der Waals surface area contributed by atoms with Gasteiger partial charge in [-0.15, -0.1) is 0 Å². The Labute approximate surface area is 87.8 Å². The number of rotatable bonds is 1. The van der Waals surface area contributed by atoms with E-state index < -0.39 is 0 Å². The number of amides is 2. The van der Waals surface area contributed by atoms with E-state index in [2.05, 4.69) is 17.2 Å². The fourth-order valence-corrected chi connectivity index (χ4v) is 1.85. The molecule has 0 saturated carbocycles. The SMILES string of the molecule is C=C1NC(=O)C2=C(N1)N(C(C)C)C(=O)C2. The highest BCUT2D eigenvalue weighted by molar-refractivity contribution is 6.04. The van der Waals surface area contributed by atoms with Crippen LogP contribution in [0.4, 0.5) is 0 Å². The van der Waals surface area contributed by atoms with Gasteiger partial charge in [0.1, 0.15) is 11.6 Å². The van der Waals surface area contributed by atoms with E-state index in [0.29, 0.717) is 17.2 Å². The first-order chi connectivity index (χ1) is 7.00. The third-order valence-electron chi connectivity index (χ3n) is 2.45. The van der Waals surface area contributed by atoms with Gasteiger partial charge >= 0.3 is 0 Å². The molecule has 2 N–H and O–H groups in total. The maximum Gasteiger partial charge on any atom is 0.256 e. The molecule has 0 saturated heterocycles. The molecule has 2 aliphatic heterocycles. The molecule has 0 aromatic rings. The number of nitrogens with zero attached hydrogens (tertiary/aromatic N) is 1. The average Bonchev–Trinajstić information content (AvgIpc) is 2.41. The highest BCUT2D eigenvalue weighted by Crippen LogP contribution is 2.27. The zero-order chi connectivity index (χ0) is 11.2. The van der Waals surface area contributed by atoms with Crippen LogP contribution in [-0.2, 0) is 9.59 Å². The van der Waals surface area contributed by atoms with Crippen LogP contribution in [0.2, 0.25) is 0 Å². The third-order valence-corrected chi connectivity index (χ3v) is 2.45. The van der Waals surface area contributed by atoms with Crippen LogP contribution in [0.5, 0.6) is 0 Å². The number of hydrogen-bond donors (Lipinski definition) is 2. The van der Waals surface area contributed by atoms with Gasteiger partial charge in [0.15, 0.2) is 0 Å². The Balaban J connectivity index is 2.41. The van der Waals surface area contributed by atoms with Crippen LogP contribution in [0.15, 0.2) is 23.8 Å². The molecule has 15 heavy (non-hydrogen) atoms. The van der Waals surface area contributed by atoms with Gasteiger partial charge in [-0.05, 0) is 13.8 Å². The van der Waals surface area contributed by atoms with Crippen LogP contribution in [0.3, 0.4) is 0 Å². The van der Waals surface area contributed by atoms with E-state index >= 15 is 0 Å². The first-order valence-corrected chi connectivity index (χ1v) is 4.83. The predicted molar refractivity (Wildman–Crippen MR) is 54.0 cm³/mol. The minimum absolute atomic E-state index is 0.0381. The summed E-state index contributed by atoms with van der Waals surface area (Å²) >= 11 is 0. The molecule has 2 amide bonds. The van der Waals surface area contributed by atoms with Gasteiger partial charge in [0, 0.05) is 6.04 Å². The molecule has 0 spiro atoms. The topological polar surface area (TPSA) is 61.4 Å². The molecule has 2 rings (SSSR count). The van der Waals surface area contributed by atoms with Crippen molar-refractivity contribution in [3.63, 3.8) is 0 Å². The Hall–Kier alpha value is -1.78. The van der Waals surface area contributed by atoms with Gasteiger partial charge in [0.05, 0.1) is 12.0 Å². The zero-order valence-electron chi connectivity index (χ0n) is 8.76. The Kier molecular flexibility index (Phi) is 2.03. The molecule has 2 heterocycles. The maximum absolute atomic E-state index is 11.7. The van der Waals surface area contributed by atoms with Crippen LogP contribution in [0.25, 0.3) is 0 Å². The normalized spacial score (nSPS) is 20.7. The number of carbonyl (C=O) groups is 2. The number of hydrogen-bond acceptors (Lipinski definition) is 3. The van der Waals surface area contributed by atoms with Crippen molar-refractivity contribution in [1.29, 1.82) is 0 Å². The Morgan fingerprint density at radius 1 is 1.33 bits per heavy atom. The molecule has 0 radical (unpaired) electrons. The highest BCUT2D eigenvalue weighted by Gasteiger charge is 2.37. The monoisotopic (exact) mass is 207 g/mol. The summed E-state index contributed by atoms with van der Waals surface area (Å²) in [7, 11) is 0. The molecule has 0 unspecified atom stereocenters. The van der Waals surface area contributed by atoms with Crippen molar-refractivity contribution < 1.29 is 9.59 Å². The molecule has 0 fully saturated rings. The molecule has 80 valence electrons. The summed E-state index contributed by atoms with van der Waals surface area (Å²) < 4.78 is 0. The highest BCUT2D eigenvalue weighted by atomic mass is 16.2. The third kappa shape index (κ3) is 1.40. The standard InChI is InChI=1S/C10H13N3O2/c1-5(2)13-8(14)4-7-9(13)11-6(3)12-10(7)15/h5,11H,3-4H2,1-2H3,(H,12,15). The lowest BCUT2D eigenvalue weighted by Gasteiger charge is -2.28.